The van der Waals surface area contributed by atoms with Gasteiger partial charge in [0.25, 0.3) is 0 Å². The van der Waals surface area contributed by atoms with E-state index in [0.717, 1.165) is 16.8 Å². The number of hydrogen-bond acceptors (Lipinski definition) is 5. The van der Waals surface area contributed by atoms with Crippen LogP contribution in [0.3, 0.4) is 0 Å². The van der Waals surface area contributed by atoms with Gasteiger partial charge in [0, 0.05) is 19.8 Å². The van der Waals surface area contributed by atoms with Gasteiger partial charge in [0.2, 0.25) is 5.91 Å². The molecule has 3 rings (SSSR count). The Balaban J connectivity index is 1.87. The predicted octanol–water partition coefficient (Wildman–Crippen LogP) is 3.01. The molecular weight excluding hydrogens is 395 g/mol. The van der Waals surface area contributed by atoms with E-state index in [1.807, 2.05) is 60.7 Å². The van der Waals surface area contributed by atoms with Crippen molar-refractivity contribution >= 4 is 19.4 Å². The highest BCUT2D eigenvalue weighted by molar-refractivity contribution is 7.46. The van der Waals surface area contributed by atoms with Crippen molar-refractivity contribution in [2.24, 2.45) is 5.10 Å². The van der Waals surface area contributed by atoms with Crippen molar-refractivity contribution in [3.63, 3.8) is 0 Å². The highest BCUT2D eigenvalue weighted by Gasteiger charge is 2.46. The van der Waals surface area contributed by atoms with Crippen LogP contribution in [0, 0.1) is 0 Å². The molecule has 1 aliphatic heterocycles. The molecule has 154 valence electrons. The van der Waals surface area contributed by atoms with Gasteiger partial charge >= 0.3 is 7.82 Å². The van der Waals surface area contributed by atoms with Crippen LogP contribution >= 0.6 is 7.82 Å². The van der Waals surface area contributed by atoms with E-state index in [1.165, 1.54) is 11.9 Å². The average molecular weight is 418 g/mol. The number of rotatable bonds is 8. The number of carbonyl (C=O) groups excluding carboxylic acids is 1. The summed E-state index contributed by atoms with van der Waals surface area (Å²) in [6.07, 6.45) is 0.865. The minimum atomic E-state index is -4.60. The third-order valence-corrected chi connectivity index (χ3v) is 5.21. The topological polar surface area (TPSA) is 109 Å². The SMILES string of the molecule is CC(=O)N1N=C(c2ccccc2)CC1(CCOCOP(=O)(O)O)c1ccccc1. The molecule has 1 heterocycles. The van der Waals surface area contributed by atoms with E-state index in [1.54, 1.807) is 0 Å². The number of phosphoric ester groups is 1. The number of phosphoric acid groups is 1. The number of ether oxygens (including phenoxy) is 1. The maximum Gasteiger partial charge on any atom is 0.471 e. The zero-order valence-corrected chi connectivity index (χ0v) is 16.9. The van der Waals surface area contributed by atoms with E-state index in [-0.39, 0.29) is 12.5 Å². The van der Waals surface area contributed by atoms with Crippen molar-refractivity contribution in [3.8, 4) is 0 Å². The molecule has 0 spiro atoms. The molecule has 2 aromatic rings. The van der Waals surface area contributed by atoms with Crippen molar-refractivity contribution in [2.75, 3.05) is 13.4 Å². The summed E-state index contributed by atoms with van der Waals surface area (Å²) in [5.41, 5.74) is 1.86. The highest BCUT2D eigenvalue weighted by Crippen LogP contribution is 2.42. The van der Waals surface area contributed by atoms with Gasteiger partial charge in [0.15, 0.2) is 6.79 Å². The van der Waals surface area contributed by atoms with Gasteiger partial charge in [0.1, 0.15) is 0 Å². The maximum absolute atomic E-state index is 12.5. The fourth-order valence-corrected chi connectivity index (χ4v) is 3.69. The Labute approximate surface area is 169 Å². The van der Waals surface area contributed by atoms with Gasteiger partial charge in [-0.2, -0.15) is 5.10 Å². The van der Waals surface area contributed by atoms with E-state index in [0.29, 0.717) is 12.8 Å². The van der Waals surface area contributed by atoms with Gasteiger partial charge < -0.3 is 14.5 Å². The summed E-state index contributed by atoms with van der Waals surface area (Å²) in [7, 11) is -4.60. The van der Waals surface area contributed by atoms with Crippen molar-refractivity contribution in [2.45, 2.75) is 25.3 Å². The van der Waals surface area contributed by atoms with Crippen molar-refractivity contribution in [3.05, 3.63) is 71.8 Å². The lowest BCUT2D eigenvalue weighted by Gasteiger charge is -2.36. The summed E-state index contributed by atoms with van der Waals surface area (Å²) in [6, 6.07) is 19.2. The lowest BCUT2D eigenvalue weighted by molar-refractivity contribution is -0.135. The summed E-state index contributed by atoms with van der Waals surface area (Å²) >= 11 is 0. The maximum atomic E-state index is 12.5. The van der Waals surface area contributed by atoms with Gasteiger partial charge in [-0.05, 0) is 11.1 Å². The van der Waals surface area contributed by atoms with E-state index in [4.69, 9.17) is 14.5 Å². The molecule has 0 saturated carbocycles. The van der Waals surface area contributed by atoms with Crippen LogP contribution in [0.15, 0.2) is 65.8 Å². The van der Waals surface area contributed by atoms with Crippen LogP contribution in [0.4, 0.5) is 0 Å². The minimum absolute atomic E-state index is 0.121. The number of carbonyl (C=O) groups is 1. The third kappa shape index (κ3) is 5.18. The van der Waals surface area contributed by atoms with E-state index >= 15 is 0 Å². The fraction of sp³-hybridized carbons (Fsp3) is 0.300. The third-order valence-electron chi connectivity index (χ3n) is 4.77. The standard InChI is InChI=1S/C20H23N2O6P/c1-16(23)22-20(18-10-6-3-7-11-18,12-13-27-15-28-29(24,25)26)14-19(21-22)17-8-4-2-5-9-17/h2-11H,12-15H2,1H3,(H2,24,25,26). The molecule has 1 aliphatic rings. The van der Waals surface area contributed by atoms with E-state index in [2.05, 4.69) is 9.63 Å². The first kappa shape index (κ1) is 21.4. The van der Waals surface area contributed by atoms with E-state index in [9.17, 15) is 9.36 Å². The normalized spacial score (nSPS) is 19.3. The molecule has 2 N–H and O–H groups in total. The van der Waals surface area contributed by atoms with Gasteiger partial charge in [-0.1, -0.05) is 60.7 Å². The van der Waals surface area contributed by atoms with Gasteiger partial charge in [-0.25, -0.2) is 9.57 Å². The molecule has 0 aliphatic carbocycles. The van der Waals surface area contributed by atoms with Gasteiger partial charge in [0.05, 0.1) is 17.9 Å². The monoisotopic (exact) mass is 418 g/mol. The van der Waals surface area contributed by atoms with Crippen LogP contribution in [-0.4, -0.2) is 39.8 Å². The second kappa shape index (κ2) is 8.98. The average Bonchev–Trinajstić information content (AvgIpc) is 3.09. The zero-order valence-electron chi connectivity index (χ0n) is 16.0. The van der Waals surface area contributed by atoms with Crippen LogP contribution in [0.25, 0.3) is 0 Å². The Morgan fingerprint density at radius 1 is 1.14 bits per heavy atom. The summed E-state index contributed by atoms with van der Waals surface area (Å²) in [4.78, 5) is 30.0. The molecule has 2 aromatic carbocycles. The smallest absolute Gasteiger partial charge is 0.355 e. The van der Waals surface area contributed by atoms with E-state index < -0.39 is 20.2 Å². The first-order valence-corrected chi connectivity index (χ1v) is 10.6. The molecule has 1 unspecified atom stereocenters. The molecule has 0 aromatic heterocycles. The number of hydrazone groups is 1. The number of benzene rings is 2. The number of nitrogens with zero attached hydrogens (tertiary/aromatic N) is 2. The van der Waals surface area contributed by atoms with Crippen LogP contribution in [0.1, 0.15) is 30.9 Å². The lowest BCUT2D eigenvalue weighted by atomic mass is 9.81. The van der Waals surface area contributed by atoms with Crippen LogP contribution in [0.5, 0.6) is 0 Å². The van der Waals surface area contributed by atoms with Crippen LogP contribution in [0.2, 0.25) is 0 Å². The molecule has 8 nitrogen and oxygen atoms in total. The van der Waals surface area contributed by atoms with Gasteiger partial charge in [-0.3, -0.25) is 9.32 Å². The largest absolute Gasteiger partial charge is 0.471 e. The highest BCUT2D eigenvalue weighted by atomic mass is 31.2. The summed E-state index contributed by atoms with van der Waals surface area (Å²) in [6.45, 7) is 1.05. The Hall–Kier alpha value is -2.35. The summed E-state index contributed by atoms with van der Waals surface area (Å²) < 4.78 is 20.4. The quantitative estimate of drug-likeness (QED) is 0.388. The Morgan fingerprint density at radius 3 is 2.34 bits per heavy atom. The fourth-order valence-electron chi connectivity index (χ4n) is 3.48. The van der Waals surface area contributed by atoms with Crippen LogP contribution < -0.4 is 0 Å². The number of hydrogen-bond donors (Lipinski definition) is 2. The predicted molar refractivity (Wildman–Crippen MR) is 107 cm³/mol. The summed E-state index contributed by atoms with van der Waals surface area (Å²) in [5, 5.41) is 6.10. The molecule has 1 amide bonds. The van der Waals surface area contributed by atoms with Crippen LogP contribution in [-0.2, 0) is 24.2 Å². The number of amides is 1. The summed E-state index contributed by atoms with van der Waals surface area (Å²) in [5.74, 6) is -0.203. The molecular formula is C20H23N2O6P. The molecule has 0 bridgehead atoms. The minimum Gasteiger partial charge on any atom is -0.355 e. The Morgan fingerprint density at radius 2 is 1.76 bits per heavy atom. The first-order valence-electron chi connectivity index (χ1n) is 9.09. The van der Waals surface area contributed by atoms with Crippen molar-refractivity contribution in [1.29, 1.82) is 0 Å². The Kier molecular flexibility index (Phi) is 6.62. The Bertz CT molecular complexity index is 915. The second-order valence-electron chi connectivity index (χ2n) is 6.71. The molecule has 0 saturated heterocycles. The second-order valence-corrected chi connectivity index (χ2v) is 7.95. The van der Waals surface area contributed by atoms with Crippen molar-refractivity contribution < 1.29 is 28.4 Å². The zero-order chi connectivity index (χ0) is 20.9. The molecule has 29 heavy (non-hydrogen) atoms. The van der Waals surface area contributed by atoms with Gasteiger partial charge in [-0.15, -0.1) is 0 Å². The van der Waals surface area contributed by atoms with Crippen molar-refractivity contribution in [1.82, 2.24) is 5.01 Å². The first-order chi connectivity index (χ1) is 13.8. The lowest BCUT2D eigenvalue weighted by Crippen LogP contribution is -2.43. The molecule has 1 atom stereocenters. The molecule has 0 fully saturated rings. The molecule has 9 heteroatoms. The molecule has 0 radical (unpaired) electrons.